The van der Waals surface area contributed by atoms with Crippen molar-refractivity contribution in [2.45, 2.75) is 46.0 Å². The van der Waals surface area contributed by atoms with Crippen LogP contribution in [0.5, 0.6) is 0 Å². The summed E-state index contributed by atoms with van der Waals surface area (Å²) >= 11 is 0. The smallest absolute Gasteiger partial charge is 0.303 e. The van der Waals surface area contributed by atoms with E-state index in [1.807, 2.05) is 4.90 Å². The van der Waals surface area contributed by atoms with Crippen LogP contribution in [0.4, 0.5) is 0 Å². The van der Waals surface area contributed by atoms with E-state index in [-0.39, 0.29) is 12.3 Å². The quantitative estimate of drug-likeness (QED) is 0.666. The largest absolute Gasteiger partial charge is 0.481 e. The third-order valence-corrected chi connectivity index (χ3v) is 4.08. The second-order valence-electron chi connectivity index (χ2n) is 6.07. The molecule has 0 saturated carbocycles. The van der Waals surface area contributed by atoms with E-state index in [0.717, 1.165) is 44.8 Å². The highest BCUT2D eigenvalue weighted by Crippen LogP contribution is 2.15. The molecule has 0 radical (unpaired) electrons. The average Bonchev–Trinajstić information content (AvgIpc) is 2.42. The molecule has 20 heavy (non-hydrogen) atoms. The van der Waals surface area contributed by atoms with Crippen LogP contribution in [0, 0.1) is 11.8 Å². The summed E-state index contributed by atoms with van der Waals surface area (Å²) in [5.41, 5.74) is 0. The van der Waals surface area contributed by atoms with Gasteiger partial charge < -0.3 is 15.3 Å². The number of aliphatic carboxylic acids is 1. The van der Waals surface area contributed by atoms with Gasteiger partial charge in [0.05, 0.1) is 6.54 Å². The van der Waals surface area contributed by atoms with E-state index >= 15 is 0 Å². The molecule has 1 amide bonds. The van der Waals surface area contributed by atoms with Crippen molar-refractivity contribution < 1.29 is 14.7 Å². The van der Waals surface area contributed by atoms with Crippen molar-refractivity contribution in [1.82, 2.24) is 10.2 Å². The van der Waals surface area contributed by atoms with Gasteiger partial charge in [-0.05, 0) is 44.1 Å². The van der Waals surface area contributed by atoms with Gasteiger partial charge in [-0.15, -0.1) is 0 Å². The fourth-order valence-corrected chi connectivity index (χ4v) is 2.43. The zero-order valence-electron chi connectivity index (χ0n) is 12.7. The Labute approximate surface area is 121 Å². The van der Waals surface area contributed by atoms with Crippen LogP contribution in [0.1, 0.15) is 46.0 Å². The van der Waals surface area contributed by atoms with Crippen LogP contribution in [0.3, 0.4) is 0 Å². The minimum absolute atomic E-state index is 0.190. The van der Waals surface area contributed by atoms with Crippen molar-refractivity contribution >= 4 is 11.9 Å². The van der Waals surface area contributed by atoms with E-state index in [1.165, 1.54) is 0 Å². The van der Waals surface area contributed by atoms with Gasteiger partial charge in [0.25, 0.3) is 0 Å². The maximum absolute atomic E-state index is 12.0. The van der Waals surface area contributed by atoms with Gasteiger partial charge in [0.15, 0.2) is 0 Å². The molecule has 0 bridgehead atoms. The predicted octanol–water partition coefficient (Wildman–Crippen LogP) is 1.73. The SMILES string of the molecule is CC(CCNCC(=O)N1CCC(C)CC1)CCC(=O)O. The van der Waals surface area contributed by atoms with E-state index in [4.69, 9.17) is 5.11 Å². The van der Waals surface area contributed by atoms with E-state index in [9.17, 15) is 9.59 Å². The Kier molecular flexibility index (Phi) is 7.59. The number of likely N-dealkylation sites (tertiary alicyclic amines) is 1. The Hall–Kier alpha value is -1.10. The Balaban J connectivity index is 2.05. The Bertz CT molecular complexity index is 312. The van der Waals surface area contributed by atoms with Gasteiger partial charge in [-0.3, -0.25) is 9.59 Å². The van der Waals surface area contributed by atoms with Crippen molar-refractivity contribution in [3.63, 3.8) is 0 Å². The van der Waals surface area contributed by atoms with Crippen LogP contribution in [0.25, 0.3) is 0 Å². The topological polar surface area (TPSA) is 69.6 Å². The normalized spacial score (nSPS) is 18.0. The highest BCUT2D eigenvalue weighted by atomic mass is 16.4. The summed E-state index contributed by atoms with van der Waals surface area (Å²) in [6.45, 7) is 7.24. The maximum Gasteiger partial charge on any atom is 0.303 e. The molecule has 1 unspecified atom stereocenters. The van der Waals surface area contributed by atoms with Crippen LogP contribution in [-0.2, 0) is 9.59 Å². The number of carboxylic acids is 1. The summed E-state index contributed by atoms with van der Waals surface area (Å²) in [6.07, 6.45) is 4.06. The van der Waals surface area contributed by atoms with Crippen LogP contribution < -0.4 is 5.32 Å². The zero-order chi connectivity index (χ0) is 15.0. The Morgan fingerprint density at radius 1 is 1.30 bits per heavy atom. The van der Waals surface area contributed by atoms with Crippen LogP contribution in [-0.4, -0.2) is 48.1 Å². The number of carboxylic acid groups (broad SMARTS) is 1. The lowest BCUT2D eigenvalue weighted by atomic mass is 9.99. The maximum atomic E-state index is 12.0. The highest BCUT2D eigenvalue weighted by Gasteiger charge is 2.19. The van der Waals surface area contributed by atoms with E-state index < -0.39 is 5.97 Å². The second kappa shape index (κ2) is 8.95. The lowest BCUT2D eigenvalue weighted by Gasteiger charge is -2.30. The van der Waals surface area contributed by atoms with Crippen molar-refractivity contribution in [2.75, 3.05) is 26.2 Å². The third kappa shape index (κ3) is 6.89. The first-order valence-electron chi connectivity index (χ1n) is 7.69. The standard InChI is InChI=1S/C15H28N2O3/c1-12(3-4-15(19)20)5-8-16-11-14(18)17-9-6-13(2)7-10-17/h12-13,16H,3-11H2,1-2H3,(H,19,20). The van der Waals surface area contributed by atoms with Crippen molar-refractivity contribution in [1.29, 1.82) is 0 Å². The van der Waals surface area contributed by atoms with E-state index in [0.29, 0.717) is 18.9 Å². The molecule has 1 saturated heterocycles. The molecule has 1 atom stereocenters. The molecule has 1 aliphatic rings. The van der Waals surface area contributed by atoms with Gasteiger partial charge in [0.2, 0.25) is 5.91 Å². The van der Waals surface area contributed by atoms with Crippen molar-refractivity contribution in [3.8, 4) is 0 Å². The number of nitrogens with zero attached hydrogens (tertiary/aromatic N) is 1. The number of amides is 1. The molecule has 5 heteroatoms. The molecular formula is C15H28N2O3. The third-order valence-electron chi connectivity index (χ3n) is 4.08. The molecule has 116 valence electrons. The summed E-state index contributed by atoms with van der Waals surface area (Å²) in [7, 11) is 0. The molecule has 1 heterocycles. The lowest BCUT2D eigenvalue weighted by molar-refractivity contribution is -0.137. The first-order chi connectivity index (χ1) is 9.49. The molecule has 5 nitrogen and oxygen atoms in total. The summed E-state index contributed by atoms with van der Waals surface area (Å²) in [5, 5.41) is 11.8. The Morgan fingerprint density at radius 3 is 2.55 bits per heavy atom. The first-order valence-corrected chi connectivity index (χ1v) is 7.69. The number of hydrogen-bond donors (Lipinski definition) is 2. The second-order valence-corrected chi connectivity index (χ2v) is 6.07. The summed E-state index contributed by atoms with van der Waals surface area (Å²) < 4.78 is 0. The molecule has 0 aromatic rings. The van der Waals surface area contributed by atoms with Crippen molar-refractivity contribution in [2.24, 2.45) is 11.8 Å². The van der Waals surface area contributed by atoms with Gasteiger partial charge in [0, 0.05) is 19.5 Å². The van der Waals surface area contributed by atoms with Crippen LogP contribution >= 0.6 is 0 Å². The molecular weight excluding hydrogens is 256 g/mol. The molecule has 2 N–H and O–H groups in total. The van der Waals surface area contributed by atoms with Gasteiger partial charge in [-0.2, -0.15) is 0 Å². The highest BCUT2D eigenvalue weighted by molar-refractivity contribution is 5.78. The number of carbonyl (C=O) groups excluding carboxylic acids is 1. The van der Waals surface area contributed by atoms with Gasteiger partial charge in [-0.1, -0.05) is 13.8 Å². The predicted molar refractivity (Wildman–Crippen MR) is 78.5 cm³/mol. The summed E-state index contributed by atoms with van der Waals surface area (Å²) in [6, 6.07) is 0. The van der Waals surface area contributed by atoms with Crippen LogP contribution in [0.15, 0.2) is 0 Å². The van der Waals surface area contributed by atoms with Crippen molar-refractivity contribution in [3.05, 3.63) is 0 Å². The van der Waals surface area contributed by atoms with E-state index in [1.54, 1.807) is 0 Å². The molecule has 0 aliphatic carbocycles. The lowest BCUT2D eigenvalue weighted by Crippen LogP contribution is -2.42. The number of carbonyl (C=O) groups is 2. The Morgan fingerprint density at radius 2 is 1.95 bits per heavy atom. The molecule has 0 aromatic carbocycles. The first kappa shape index (κ1) is 17.0. The van der Waals surface area contributed by atoms with Crippen LogP contribution in [0.2, 0.25) is 0 Å². The molecule has 1 rings (SSSR count). The number of nitrogens with one attached hydrogen (secondary N) is 1. The number of hydrogen-bond acceptors (Lipinski definition) is 3. The monoisotopic (exact) mass is 284 g/mol. The average molecular weight is 284 g/mol. The fourth-order valence-electron chi connectivity index (χ4n) is 2.43. The summed E-state index contributed by atoms with van der Waals surface area (Å²) in [4.78, 5) is 24.4. The summed E-state index contributed by atoms with van der Waals surface area (Å²) in [5.74, 6) is 0.570. The number of piperidine rings is 1. The van der Waals surface area contributed by atoms with Gasteiger partial charge in [-0.25, -0.2) is 0 Å². The van der Waals surface area contributed by atoms with E-state index in [2.05, 4.69) is 19.2 Å². The van der Waals surface area contributed by atoms with Gasteiger partial charge >= 0.3 is 5.97 Å². The molecule has 0 aromatic heterocycles. The molecule has 1 aliphatic heterocycles. The minimum Gasteiger partial charge on any atom is -0.481 e. The minimum atomic E-state index is -0.737. The molecule has 0 spiro atoms. The fraction of sp³-hybridized carbons (Fsp3) is 0.867. The zero-order valence-corrected chi connectivity index (χ0v) is 12.7. The van der Waals surface area contributed by atoms with Gasteiger partial charge in [0.1, 0.15) is 0 Å². The number of rotatable bonds is 8. The molecule has 1 fully saturated rings.